The lowest BCUT2D eigenvalue weighted by Gasteiger charge is -1.87. The van der Waals surface area contributed by atoms with Gasteiger partial charge in [0.1, 0.15) is 12.6 Å². The zero-order valence-electron chi connectivity index (χ0n) is 6.02. The van der Waals surface area contributed by atoms with E-state index in [2.05, 4.69) is 9.97 Å². The summed E-state index contributed by atoms with van der Waals surface area (Å²) in [6, 6.07) is 0. The van der Waals surface area contributed by atoms with Crippen molar-refractivity contribution >= 4 is 17.0 Å². The molecular weight excluding hydrogens is 158 g/mol. The smallest absolute Gasteiger partial charge is 0.252 e. The third-order valence-electron chi connectivity index (χ3n) is 1.52. The van der Waals surface area contributed by atoms with Crippen molar-refractivity contribution in [2.24, 2.45) is 5.73 Å². The van der Waals surface area contributed by atoms with Crippen molar-refractivity contribution in [2.75, 3.05) is 0 Å². The van der Waals surface area contributed by atoms with Crippen molar-refractivity contribution in [3.63, 3.8) is 0 Å². The summed E-state index contributed by atoms with van der Waals surface area (Å²) >= 11 is 0. The van der Waals surface area contributed by atoms with E-state index in [0.29, 0.717) is 16.7 Å². The average molecular weight is 163 g/mol. The molecule has 0 unspecified atom stereocenters. The normalized spacial score (nSPS) is 10.3. The Hall–Kier alpha value is -1.91. The number of furan rings is 1. The Labute approximate surface area is 67.2 Å². The highest BCUT2D eigenvalue weighted by Gasteiger charge is 2.10. The van der Waals surface area contributed by atoms with Gasteiger partial charge in [-0.1, -0.05) is 0 Å². The number of nitrogens with zero attached hydrogens (tertiary/aromatic N) is 2. The van der Waals surface area contributed by atoms with Crippen LogP contribution >= 0.6 is 0 Å². The monoisotopic (exact) mass is 163 g/mol. The van der Waals surface area contributed by atoms with Crippen LogP contribution in [-0.4, -0.2) is 15.9 Å². The van der Waals surface area contributed by atoms with Crippen LogP contribution in [0.25, 0.3) is 11.1 Å². The molecule has 12 heavy (non-hydrogen) atoms. The number of carbonyl (C=O) groups excluding carboxylic acids is 1. The minimum atomic E-state index is -0.538. The van der Waals surface area contributed by atoms with E-state index in [1.807, 2.05) is 0 Å². The van der Waals surface area contributed by atoms with Crippen LogP contribution in [0, 0.1) is 0 Å². The van der Waals surface area contributed by atoms with E-state index in [1.54, 1.807) is 0 Å². The second-order valence-electron chi connectivity index (χ2n) is 2.26. The first-order valence-electron chi connectivity index (χ1n) is 3.26. The Balaban J connectivity index is 2.79. The lowest BCUT2D eigenvalue weighted by atomic mass is 10.2. The molecule has 2 heterocycles. The molecule has 0 spiro atoms. The Bertz CT molecular complexity index is 435. The summed E-state index contributed by atoms with van der Waals surface area (Å²) < 4.78 is 4.96. The van der Waals surface area contributed by atoms with Crippen molar-refractivity contribution in [3.8, 4) is 0 Å². The average Bonchev–Trinajstić information content (AvgIpc) is 2.47. The summed E-state index contributed by atoms with van der Waals surface area (Å²) in [4.78, 5) is 18.3. The fourth-order valence-corrected chi connectivity index (χ4v) is 0.966. The van der Waals surface area contributed by atoms with E-state index in [0.717, 1.165) is 0 Å². The number of nitrogens with two attached hydrogens (primary N) is 1. The second kappa shape index (κ2) is 2.30. The number of amides is 1. The topological polar surface area (TPSA) is 82.0 Å². The molecule has 0 aromatic carbocycles. The fraction of sp³-hybridized carbons (Fsp3) is 0. The molecule has 0 aliphatic heterocycles. The van der Waals surface area contributed by atoms with Crippen LogP contribution in [0.1, 0.15) is 10.4 Å². The molecule has 2 N–H and O–H groups in total. The van der Waals surface area contributed by atoms with Gasteiger partial charge in [-0.2, -0.15) is 0 Å². The molecule has 1 amide bonds. The molecule has 0 atom stereocenters. The number of primary amides is 1. The highest BCUT2D eigenvalue weighted by atomic mass is 16.3. The highest BCUT2D eigenvalue weighted by molar-refractivity contribution is 6.03. The van der Waals surface area contributed by atoms with Gasteiger partial charge in [0.05, 0.1) is 10.9 Å². The molecule has 0 bridgehead atoms. The Morgan fingerprint density at radius 2 is 2.42 bits per heavy atom. The number of carbonyl (C=O) groups is 1. The van der Waals surface area contributed by atoms with E-state index < -0.39 is 5.91 Å². The maximum absolute atomic E-state index is 10.8. The van der Waals surface area contributed by atoms with Gasteiger partial charge in [-0.05, 0) is 0 Å². The van der Waals surface area contributed by atoms with E-state index in [4.69, 9.17) is 10.2 Å². The predicted octanol–water partition coefficient (Wildman–Crippen LogP) is 0.322. The van der Waals surface area contributed by atoms with Gasteiger partial charge in [-0.25, -0.2) is 9.97 Å². The van der Waals surface area contributed by atoms with Crippen LogP contribution in [0.5, 0.6) is 0 Å². The SMILES string of the molecule is NC(=O)c1coc2ncncc12. The summed E-state index contributed by atoms with van der Waals surface area (Å²) in [7, 11) is 0. The molecule has 60 valence electrons. The van der Waals surface area contributed by atoms with Gasteiger partial charge in [0.15, 0.2) is 0 Å². The van der Waals surface area contributed by atoms with Crippen LogP contribution < -0.4 is 5.73 Å². The van der Waals surface area contributed by atoms with Crippen LogP contribution in [-0.2, 0) is 0 Å². The van der Waals surface area contributed by atoms with Crippen molar-refractivity contribution in [3.05, 3.63) is 24.4 Å². The second-order valence-corrected chi connectivity index (χ2v) is 2.26. The van der Waals surface area contributed by atoms with Gasteiger partial charge in [0.25, 0.3) is 5.91 Å². The first kappa shape index (κ1) is 6.78. The van der Waals surface area contributed by atoms with Crippen molar-refractivity contribution in [1.82, 2.24) is 9.97 Å². The van der Waals surface area contributed by atoms with Crippen LogP contribution in [0.4, 0.5) is 0 Å². The fourth-order valence-electron chi connectivity index (χ4n) is 0.966. The first-order chi connectivity index (χ1) is 5.79. The lowest BCUT2D eigenvalue weighted by molar-refractivity contribution is 0.100. The molecule has 2 aromatic rings. The molecule has 0 fully saturated rings. The Morgan fingerprint density at radius 1 is 1.58 bits per heavy atom. The minimum absolute atomic E-state index is 0.311. The van der Waals surface area contributed by atoms with Crippen LogP contribution in [0.15, 0.2) is 23.2 Å². The maximum Gasteiger partial charge on any atom is 0.252 e. The first-order valence-corrected chi connectivity index (χ1v) is 3.26. The molecule has 0 saturated carbocycles. The zero-order valence-corrected chi connectivity index (χ0v) is 6.02. The molecule has 2 aromatic heterocycles. The molecule has 2 rings (SSSR count). The zero-order chi connectivity index (χ0) is 8.55. The standard InChI is InChI=1S/C7H5N3O2/c8-6(11)5-2-12-7-4(5)1-9-3-10-7/h1-3H,(H2,8,11). The van der Waals surface area contributed by atoms with Gasteiger partial charge in [-0.15, -0.1) is 0 Å². The van der Waals surface area contributed by atoms with Crippen LogP contribution in [0.3, 0.4) is 0 Å². The summed E-state index contributed by atoms with van der Waals surface area (Å²) in [6.07, 6.45) is 4.12. The van der Waals surface area contributed by atoms with Gasteiger partial charge >= 0.3 is 0 Å². The van der Waals surface area contributed by atoms with Crippen LogP contribution in [0.2, 0.25) is 0 Å². The molecule has 0 saturated heterocycles. The summed E-state index contributed by atoms with van der Waals surface area (Å²) in [5, 5.41) is 0.546. The van der Waals surface area contributed by atoms with E-state index >= 15 is 0 Å². The number of hydrogen-bond acceptors (Lipinski definition) is 4. The molecule has 0 aliphatic carbocycles. The van der Waals surface area contributed by atoms with Gasteiger partial charge in [0.2, 0.25) is 5.71 Å². The third kappa shape index (κ3) is 0.833. The predicted molar refractivity (Wildman–Crippen MR) is 40.3 cm³/mol. The van der Waals surface area contributed by atoms with Gasteiger partial charge in [-0.3, -0.25) is 4.79 Å². The van der Waals surface area contributed by atoms with Crippen molar-refractivity contribution in [2.45, 2.75) is 0 Å². The Morgan fingerprint density at radius 3 is 3.17 bits per heavy atom. The minimum Gasteiger partial charge on any atom is -0.445 e. The summed E-state index contributed by atoms with van der Waals surface area (Å²) in [5.41, 5.74) is 5.75. The number of rotatable bonds is 1. The number of hydrogen-bond donors (Lipinski definition) is 1. The van der Waals surface area contributed by atoms with E-state index in [1.165, 1.54) is 18.8 Å². The molecule has 0 aliphatic rings. The van der Waals surface area contributed by atoms with Gasteiger partial charge in [0, 0.05) is 6.20 Å². The number of fused-ring (bicyclic) bond motifs is 1. The van der Waals surface area contributed by atoms with E-state index in [9.17, 15) is 4.79 Å². The van der Waals surface area contributed by atoms with Crippen molar-refractivity contribution < 1.29 is 9.21 Å². The van der Waals surface area contributed by atoms with Crippen molar-refractivity contribution in [1.29, 1.82) is 0 Å². The number of aromatic nitrogens is 2. The third-order valence-corrected chi connectivity index (χ3v) is 1.52. The highest BCUT2D eigenvalue weighted by Crippen LogP contribution is 2.16. The molecule has 5 nitrogen and oxygen atoms in total. The Kier molecular flexibility index (Phi) is 1.30. The van der Waals surface area contributed by atoms with Gasteiger partial charge < -0.3 is 10.2 Å². The largest absolute Gasteiger partial charge is 0.445 e. The lowest BCUT2D eigenvalue weighted by Crippen LogP contribution is -2.09. The summed E-state index contributed by atoms with van der Waals surface area (Å²) in [5.74, 6) is -0.538. The molecule has 5 heteroatoms. The molecule has 0 radical (unpaired) electrons. The molecular formula is C7H5N3O2. The quantitative estimate of drug-likeness (QED) is 0.656. The summed E-state index contributed by atoms with van der Waals surface area (Å²) in [6.45, 7) is 0. The van der Waals surface area contributed by atoms with E-state index in [-0.39, 0.29) is 0 Å². The maximum atomic E-state index is 10.8.